The Morgan fingerprint density at radius 2 is 1.50 bits per heavy atom. The molecule has 0 amide bonds. The molecule has 16 heavy (non-hydrogen) atoms. The minimum absolute atomic E-state index is 0.176. The highest BCUT2D eigenvalue weighted by atomic mass is 16.5. The molecule has 5 nitrogen and oxygen atoms in total. The average molecular weight is 230 g/mol. The number of rotatable bonds is 4. The van der Waals surface area contributed by atoms with Crippen LogP contribution in [0, 0.1) is 0 Å². The van der Waals surface area contributed by atoms with Gasteiger partial charge < -0.3 is 14.9 Å². The monoisotopic (exact) mass is 230 g/mol. The minimum atomic E-state index is -0.935. The largest absolute Gasteiger partial charge is 0.498 e. The Bertz CT molecular complexity index is 289. The minimum Gasteiger partial charge on any atom is -0.498 e. The first-order valence-corrected chi connectivity index (χ1v) is 4.66. The maximum Gasteiger partial charge on any atom is 0.334 e. The normalized spacial score (nSPS) is 10.5. The van der Waals surface area contributed by atoms with Crippen LogP contribution in [0.4, 0.5) is 0 Å². The lowest BCUT2D eigenvalue weighted by Crippen LogP contribution is -2.01. The van der Waals surface area contributed by atoms with Crippen LogP contribution >= 0.6 is 0 Å². The number of ether oxygens (including phenoxy) is 1. The number of carboxylic acid groups (broad SMARTS) is 2. The summed E-state index contributed by atoms with van der Waals surface area (Å²) in [5, 5.41) is 16.3. The van der Waals surface area contributed by atoms with Gasteiger partial charge in [-0.2, -0.15) is 0 Å². The van der Waals surface area contributed by atoms with Gasteiger partial charge in [0.25, 0.3) is 0 Å². The Hall–Kier alpha value is -1.78. The van der Waals surface area contributed by atoms with Gasteiger partial charge in [0.05, 0.1) is 12.2 Å². The molecule has 92 valence electrons. The second-order valence-electron chi connectivity index (χ2n) is 3.00. The van der Waals surface area contributed by atoms with Crippen molar-refractivity contribution in [2.75, 3.05) is 6.61 Å². The summed E-state index contributed by atoms with van der Waals surface area (Å²) in [4.78, 5) is 19.9. The Balaban J connectivity index is 0. The zero-order chi connectivity index (χ0) is 13.3. The molecule has 2 N–H and O–H groups in total. The molecule has 0 rings (SSSR count). The van der Waals surface area contributed by atoms with Crippen LogP contribution in [-0.2, 0) is 14.3 Å². The lowest BCUT2D eigenvalue weighted by Gasteiger charge is -2.03. The summed E-state index contributed by atoms with van der Waals surface area (Å²) in [6, 6.07) is 0. The molecule has 0 aromatic carbocycles. The zero-order valence-corrected chi connectivity index (χ0v) is 10.0. The van der Waals surface area contributed by atoms with Gasteiger partial charge in [0, 0.05) is 5.57 Å². The molecular weight excluding hydrogens is 212 g/mol. The van der Waals surface area contributed by atoms with Crippen LogP contribution in [0.5, 0.6) is 0 Å². The van der Waals surface area contributed by atoms with E-state index in [4.69, 9.17) is 14.9 Å². The molecule has 0 saturated carbocycles. The van der Waals surface area contributed by atoms with Crippen LogP contribution in [0.3, 0.4) is 0 Å². The first kappa shape index (κ1) is 16.6. The van der Waals surface area contributed by atoms with E-state index >= 15 is 0 Å². The van der Waals surface area contributed by atoms with Crippen LogP contribution in [0.15, 0.2) is 23.5 Å². The Kier molecular flexibility index (Phi) is 8.86. The van der Waals surface area contributed by atoms with Crippen LogP contribution < -0.4 is 0 Å². The van der Waals surface area contributed by atoms with E-state index < -0.39 is 11.9 Å². The molecule has 0 aliphatic carbocycles. The van der Waals surface area contributed by atoms with Gasteiger partial charge in [0.15, 0.2) is 0 Å². The highest BCUT2D eigenvalue weighted by Crippen LogP contribution is 2.03. The van der Waals surface area contributed by atoms with Gasteiger partial charge >= 0.3 is 11.9 Å². The number of hydrogen-bond donors (Lipinski definition) is 2. The number of carboxylic acids is 2. The van der Waals surface area contributed by atoms with Gasteiger partial charge in [-0.25, -0.2) is 9.59 Å². The van der Waals surface area contributed by atoms with E-state index in [0.717, 1.165) is 0 Å². The van der Waals surface area contributed by atoms with Crippen molar-refractivity contribution in [1.82, 2.24) is 0 Å². The van der Waals surface area contributed by atoms with Crippen molar-refractivity contribution in [2.45, 2.75) is 27.7 Å². The van der Waals surface area contributed by atoms with E-state index in [2.05, 4.69) is 6.58 Å². The van der Waals surface area contributed by atoms with Gasteiger partial charge in [-0.3, -0.25) is 0 Å². The summed E-state index contributed by atoms with van der Waals surface area (Å²) in [5.41, 5.74) is 0.442. The highest BCUT2D eigenvalue weighted by molar-refractivity contribution is 5.86. The SMILES string of the molecule is C=C(C)C(=O)O.CCO/C(C)=C(\C)C(=O)O. The summed E-state index contributed by atoms with van der Waals surface area (Å²) >= 11 is 0. The van der Waals surface area contributed by atoms with E-state index in [-0.39, 0.29) is 11.1 Å². The third-order valence-electron chi connectivity index (χ3n) is 1.57. The predicted molar refractivity (Wildman–Crippen MR) is 60.1 cm³/mol. The molecule has 0 aromatic rings. The van der Waals surface area contributed by atoms with Gasteiger partial charge in [0.2, 0.25) is 0 Å². The fraction of sp³-hybridized carbons (Fsp3) is 0.455. The van der Waals surface area contributed by atoms with Gasteiger partial charge in [-0.05, 0) is 27.7 Å². The average Bonchev–Trinajstić information content (AvgIpc) is 2.17. The van der Waals surface area contributed by atoms with Gasteiger partial charge in [0.1, 0.15) is 5.76 Å². The standard InChI is InChI=1S/C7H12O3.C4H6O2/c1-4-10-6(3)5(2)7(8)9;1-3(2)4(5)6/h4H2,1-3H3,(H,8,9);1H2,2H3,(H,5,6)/b6-5+;. The molecule has 0 aliphatic heterocycles. The molecule has 5 heteroatoms. The molecule has 0 fully saturated rings. The van der Waals surface area contributed by atoms with Crippen molar-refractivity contribution < 1.29 is 24.5 Å². The Morgan fingerprint density at radius 3 is 1.69 bits per heavy atom. The van der Waals surface area contributed by atoms with Crippen LogP contribution in [-0.4, -0.2) is 28.8 Å². The zero-order valence-electron chi connectivity index (χ0n) is 10.0. The van der Waals surface area contributed by atoms with Crippen molar-refractivity contribution in [3.8, 4) is 0 Å². The predicted octanol–water partition coefficient (Wildman–Crippen LogP) is 2.05. The topological polar surface area (TPSA) is 83.8 Å². The first-order chi connectivity index (χ1) is 7.23. The molecule has 0 radical (unpaired) electrons. The fourth-order valence-electron chi connectivity index (χ4n) is 0.475. The van der Waals surface area contributed by atoms with Crippen molar-refractivity contribution in [3.63, 3.8) is 0 Å². The molecule has 0 atom stereocenters. The van der Waals surface area contributed by atoms with Crippen molar-refractivity contribution in [2.24, 2.45) is 0 Å². The summed E-state index contributed by atoms with van der Waals surface area (Å²) < 4.78 is 4.96. The molecular formula is C11H18O5. The van der Waals surface area contributed by atoms with E-state index in [1.54, 1.807) is 6.92 Å². The molecule has 0 aromatic heterocycles. The van der Waals surface area contributed by atoms with E-state index in [9.17, 15) is 9.59 Å². The molecule has 0 heterocycles. The van der Waals surface area contributed by atoms with E-state index in [0.29, 0.717) is 12.4 Å². The highest BCUT2D eigenvalue weighted by Gasteiger charge is 2.04. The van der Waals surface area contributed by atoms with Crippen LogP contribution in [0.2, 0.25) is 0 Å². The summed E-state index contributed by atoms with van der Waals surface area (Å²) in [6.45, 7) is 10.1. The van der Waals surface area contributed by atoms with Crippen molar-refractivity contribution in [3.05, 3.63) is 23.5 Å². The quantitative estimate of drug-likeness (QED) is 0.570. The maximum absolute atomic E-state index is 10.3. The van der Waals surface area contributed by atoms with E-state index in [1.165, 1.54) is 13.8 Å². The molecule has 0 saturated heterocycles. The lowest BCUT2D eigenvalue weighted by atomic mass is 10.3. The second-order valence-corrected chi connectivity index (χ2v) is 3.00. The van der Waals surface area contributed by atoms with Crippen molar-refractivity contribution in [1.29, 1.82) is 0 Å². The summed E-state index contributed by atoms with van der Waals surface area (Å²) in [5.74, 6) is -1.38. The van der Waals surface area contributed by atoms with Crippen LogP contribution in [0.1, 0.15) is 27.7 Å². The number of allylic oxidation sites excluding steroid dienone is 1. The number of carbonyl (C=O) groups is 2. The Labute approximate surface area is 95.0 Å². The number of aliphatic carboxylic acids is 2. The third kappa shape index (κ3) is 8.80. The third-order valence-corrected chi connectivity index (χ3v) is 1.57. The second kappa shape index (κ2) is 8.52. The lowest BCUT2D eigenvalue weighted by molar-refractivity contribution is -0.133. The summed E-state index contributed by atoms with van der Waals surface area (Å²) in [7, 11) is 0. The van der Waals surface area contributed by atoms with Crippen molar-refractivity contribution >= 4 is 11.9 Å². The Morgan fingerprint density at radius 1 is 1.12 bits per heavy atom. The van der Waals surface area contributed by atoms with Crippen LogP contribution in [0.25, 0.3) is 0 Å². The maximum atomic E-state index is 10.3. The molecule has 0 spiro atoms. The van der Waals surface area contributed by atoms with Gasteiger partial charge in [-0.15, -0.1) is 0 Å². The van der Waals surface area contributed by atoms with Gasteiger partial charge in [-0.1, -0.05) is 6.58 Å². The molecule has 0 bridgehead atoms. The smallest absolute Gasteiger partial charge is 0.334 e. The first-order valence-electron chi connectivity index (χ1n) is 4.66. The fourth-order valence-corrected chi connectivity index (χ4v) is 0.475. The summed E-state index contributed by atoms with van der Waals surface area (Å²) in [6.07, 6.45) is 0. The molecule has 0 unspecified atom stereocenters. The number of hydrogen-bond acceptors (Lipinski definition) is 3. The molecule has 0 aliphatic rings. The van der Waals surface area contributed by atoms with E-state index in [1.807, 2.05) is 6.92 Å².